The summed E-state index contributed by atoms with van der Waals surface area (Å²) >= 11 is 0. The lowest BCUT2D eigenvalue weighted by Gasteiger charge is -2.26. The third kappa shape index (κ3) is 2.93. The van der Waals surface area contributed by atoms with Crippen LogP contribution in [0.2, 0.25) is 0 Å². The first kappa shape index (κ1) is 18.1. The molecule has 0 spiro atoms. The Morgan fingerprint density at radius 3 is 2.63 bits per heavy atom. The number of ether oxygens (including phenoxy) is 1. The van der Waals surface area contributed by atoms with Crippen LogP contribution in [-0.2, 0) is 21.4 Å². The number of amides is 1. The van der Waals surface area contributed by atoms with Gasteiger partial charge < -0.3 is 9.84 Å². The first-order valence-corrected chi connectivity index (χ1v) is 9.47. The van der Waals surface area contributed by atoms with Gasteiger partial charge in [-0.2, -0.15) is 0 Å². The van der Waals surface area contributed by atoms with Crippen LogP contribution in [0.5, 0.6) is 0 Å². The highest BCUT2D eigenvalue weighted by Gasteiger charge is 2.48. The van der Waals surface area contributed by atoms with Crippen LogP contribution in [0, 0.1) is 5.92 Å². The zero-order chi connectivity index (χ0) is 19.2. The molecule has 1 N–H and O–H groups in total. The van der Waals surface area contributed by atoms with E-state index < -0.39 is 5.41 Å². The molecule has 6 heteroatoms. The van der Waals surface area contributed by atoms with Crippen molar-refractivity contribution in [1.29, 1.82) is 0 Å². The molecule has 1 fully saturated rings. The predicted molar refractivity (Wildman–Crippen MR) is 102 cm³/mol. The lowest BCUT2D eigenvalue weighted by atomic mass is 9.85. The SMILES string of the molecule is CCc1ncc(-c2ccc3c(c2)N(C2C[C@@H](CO)CO2)C(=O)C3(C)C)cn1. The van der Waals surface area contributed by atoms with Gasteiger partial charge in [-0.15, -0.1) is 0 Å². The van der Waals surface area contributed by atoms with Crippen molar-refractivity contribution in [2.45, 2.75) is 45.3 Å². The number of aromatic nitrogens is 2. The van der Waals surface area contributed by atoms with Crippen molar-refractivity contribution in [2.75, 3.05) is 18.1 Å². The van der Waals surface area contributed by atoms with Gasteiger partial charge in [0.05, 0.1) is 17.7 Å². The molecule has 1 saturated heterocycles. The summed E-state index contributed by atoms with van der Waals surface area (Å²) in [6.07, 6.45) is 4.77. The highest BCUT2D eigenvalue weighted by molar-refractivity contribution is 6.08. The zero-order valence-electron chi connectivity index (χ0n) is 16.0. The first-order valence-electron chi connectivity index (χ1n) is 9.47. The van der Waals surface area contributed by atoms with Crippen molar-refractivity contribution in [1.82, 2.24) is 9.97 Å². The third-order valence-electron chi connectivity index (χ3n) is 5.64. The Morgan fingerprint density at radius 1 is 1.26 bits per heavy atom. The van der Waals surface area contributed by atoms with Crippen LogP contribution in [0.15, 0.2) is 30.6 Å². The van der Waals surface area contributed by atoms with E-state index >= 15 is 0 Å². The Balaban J connectivity index is 1.74. The predicted octanol–water partition coefficient (Wildman–Crippen LogP) is 2.69. The number of carbonyl (C=O) groups excluding carboxylic acids is 1. The zero-order valence-corrected chi connectivity index (χ0v) is 16.0. The molecule has 1 aromatic heterocycles. The number of rotatable bonds is 4. The molecule has 0 bridgehead atoms. The van der Waals surface area contributed by atoms with Crippen LogP contribution in [0.4, 0.5) is 5.69 Å². The van der Waals surface area contributed by atoms with Gasteiger partial charge in [0, 0.05) is 36.9 Å². The number of hydrogen-bond donors (Lipinski definition) is 1. The van der Waals surface area contributed by atoms with E-state index in [-0.39, 0.29) is 24.7 Å². The van der Waals surface area contributed by atoms with Gasteiger partial charge in [0.2, 0.25) is 5.91 Å². The summed E-state index contributed by atoms with van der Waals surface area (Å²) in [5.74, 6) is 0.927. The lowest BCUT2D eigenvalue weighted by Crippen LogP contribution is -2.42. The van der Waals surface area contributed by atoms with Gasteiger partial charge in [-0.25, -0.2) is 9.97 Å². The minimum absolute atomic E-state index is 0.0378. The highest BCUT2D eigenvalue weighted by Crippen LogP contribution is 2.45. The van der Waals surface area contributed by atoms with Crippen LogP contribution in [0.3, 0.4) is 0 Å². The van der Waals surface area contributed by atoms with Crippen LogP contribution >= 0.6 is 0 Å². The molecule has 27 heavy (non-hydrogen) atoms. The topological polar surface area (TPSA) is 75.6 Å². The second-order valence-corrected chi connectivity index (χ2v) is 7.85. The maximum absolute atomic E-state index is 13.2. The van der Waals surface area contributed by atoms with E-state index in [1.54, 1.807) is 4.90 Å². The van der Waals surface area contributed by atoms with Crippen molar-refractivity contribution >= 4 is 11.6 Å². The van der Waals surface area contributed by atoms with Gasteiger partial charge >= 0.3 is 0 Å². The molecule has 1 amide bonds. The summed E-state index contributed by atoms with van der Waals surface area (Å²) in [5, 5.41) is 9.43. The van der Waals surface area contributed by atoms with Gasteiger partial charge in [0.1, 0.15) is 12.1 Å². The summed E-state index contributed by atoms with van der Waals surface area (Å²) in [4.78, 5) is 23.7. The molecular weight excluding hydrogens is 342 g/mol. The fourth-order valence-corrected chi connectivity index (χ4v) is 3.91. The number of nitrogens with zero attached hydrogens (tertiary/aromatic N) is 3. The maximum atomic E-state index is 13.2. The fraction of sp³-hybridized carbons (Fsp3) is 0.476. The standard InChI is InChI=1S/C21H25N3O3/c1-4-18-22-9-15(10-23-18)14-5-6-16-17(8-14)24(20(26)21(16,2)3)19-7-13(11-25)12-27-19/h5-6,8-10,13,19,25H,4,7,11-12H2,1-3H3/t13-,19?/m0/s1. The molecule has 2 aliphatic heterocycles. The molecule has 142 valence electrons. The van der Waals surface area contributed by atoms with E-state index in [0.717, 1.165) is 34.6 Å². The summed E-state index contributed by atoms with van der Waals surface area (Å²) in [6.45, 7) is 6.48. The van der Waals surface area contributed by atoms with E-state index in [0.29, 0.717) is 13.0 Å². The number of anilines is 1. The Labute approximate surface area is 159 Å². The van der Waals surface area contributed by atoms with Crippen LogP contribution in [-0.4, -0.2) is 40.4 Å². The van der Waals surface area contributed by atoms with E-state index in [4.69, 9.17) is 4.74 Å². The van der Waals surface area contributed by atoms with E-state index in [9.17, 15) is 9.90 Å². The molecule has 2 atom stereocenters. The first-order chi connectivity index (χ1) is 13.0. The molecule has 1 aromatic carbocycles. The number of fused-ring (bicyclic) bond motifs is 1. The average molecular weight is 367 g/mol. The van der Waals surface area contributed by atoms with Crippen molar-refractivity contribution in [3.63, 3.8) is 0 Å². The maximum Gasteiger partial charge on any atom is 0.239 e. The fourth-order valence-electron chi connectivity index (χ4n) is 3.91. The second kappa shape index (κ2) is 6.69. The lowest BCUT2D eigenvalue weighted by molar-refractivity contribution is -0.124. The second-order valence-electron chi connectivity index (χ2n) is 7.85. The highest BCUT2D eigenvalue weighted by atomic mass is 16.5. The normalized spacial score (nSPS) is 23.7. The van der Waals surface area contributed by atoms with Gasteiger partial charge in [-0.3, -0.25) is 9.69 Å². The molecule has 1 unspecified atom stereocenters. The van der Waals surface area contributed by atoms with Crippen molar-refractivity contribution in [2.24, 2.45) is 5.92 Å². The molecule has 2 aromatic rings. The van der Waals surface area contributed by atoms with Crippen molar-refractivity contribution in [3.8, 4) is 11.1 Å². The summed E-state index contributed by atoms with van der Waals surface area (Å²) in [5.41, 5.74) is 3.18. The number of aliphatic hydroxyl groups excluding tert-OH is 1. The smallest absolute Gasteiger partial charge is 0.239 e. The van der Waals surface area contributed by atoms with Gasteiger partial charge in [0.25, 0.3) is 0 Å². The number of carbonyl (C=O) groups is 1. The Morgan fingerprint density at radius 2 is 2.00 bits per heavy atom. The monoisotopic (exact) mass is 367 g/mol. The van der Waals surface area contributed by atoms with E-state index in [2.05, 4.69) is 9.97 Å². The van der Waals surface area contributed by atoms with Crippen molar-refractivity contribution < 1.29 is 14.6 Å². The molecule has 3 heterocycles. The number of hydrogen-bond acceptors (Lipinski definition) is 5. The summed E-state index contributed by atoms with van der Waals surface area (Å²) in [7, 11) is 0. The van der Waals surface area contributed by atoms with E-state index in [1.165, 1.54) is 0 Å². The largest absolute Gasteiger partial charge is 0.396 e. The van der Waals surface area contributed by atoms with Crippen molar-refractivity contribution in [3.05, 3.63) is 42.0 Å². The molecular formula is C21H25N3O3. The molecule has 0 aliphatic carbocycles. The summed E-state index contributed by atoms with van der Waals surface area (Å²) < 4.78 is 5.86. The van der Waals surface area contributed by atoms with Crippen LogP contribution in [0.1, 0.15) is 38.6 Å². The molecule has 0 saturated carbocycles. The molecule has 4 rings (SSSR count). The van der Waals surface area contributed by atoms with Crippen LogP contribution < -0.4 is 4.90 Å². The van der Waals surface area contributed by atoms with Gasteiger partial charge in [-0.1, -0.05) is 19.1 Å². The minimum atomic E-state index is -0.600. The minimum Gasteiger partial charge on any atom is -0.396 e. The van der Waals surface area contributed by atoms with Crippen LogP contribution in [0.25, 0.3) is 11.1 Å². The van der Waals surface area contributed by atoms with E-state index in [1.807, 2.05) is 51.4 Å². The quantitative estimate of drug-likeness (QED) is 0.899. The average Bonchev–Trinajstić information content (AvgIpc) is 3.23. The number of aliphatic hydroxyl groups is 1. The third-order valence-corrected chi connectivity index (χ3v) is 5.64. The van der Waals surface area contributed by atoms with Gasteiger partial charge in [0.15, 0.2) is 0 Å². The number of aryl methyl sites for hydroxylation is 1. The molecule has 0 radical (unpaired) electrons. The Hall–Kier alpha value is -2.31. The summed E-state index contributed by atoms with van der Waals surface area (Å²) in [6, 6.07) is 6.07. The molecule has 6 nitrogen and oxygen atoms in total. The Kier molecular flexibility index (Phi) is 4.48. The van der Waals surface area contributed by atoms with Gasteiger partial charge in [-0.05, 0) is 37.5 Å². The number of benzene rings is 1. The Bertz CT molecular complexity index is 863. The molecule has 2 aliphatic rings.